The molecule has 1 N–H and O–H groups in total. The van der Waals surface area contributed by atoms with Crippen molar-refractivity contribution in [3.63, 3.8) is 0 Å². The Balaban J connectivity index is 2.48. The summed E-state index contributed by atoms with van der Waals surface area (Å²) in [4.78, 5) is 2.71. The smallest absolute Gasteiger partial charge is 0.0674 e. The molecule has 0 saturated heterocycles. The fourth-order valence-electron chi connectivity index (χ4n) is 2.28. The maximum Gasteiger partial charge on any atom is 0.0674 e. The molecule has 0 amide bonds. The number of hydrogen-bond acceptors (Lipinski definition) is 2. The van der Waals surface area contributed by atoms with Crippen LogP contribution in [0.2, 0.25) is 0 Å². The molecule has 1 aromatic heterocycles. The zero-order chi connectivity index (χ0) is 14.0. The van der Waals surface area contributed by atoms with Gasteiger partial charge in [0.2, 0.25) is 0 Å². The van der Waals surface area contributed by atoms with Crippen LogP contribution in [0.3, 0.4) is 0 Å². The van der Waals surface area contributed by atoms with E-state index in [0.29, 0.717) is 6.04 Å². The molecule has 0 aliphatic rings. The van der Waals surface area contributed by atoms with Crippen LogP contribution in [0.4, 0.5) is 0 Å². The Kier molecular flexibility index (Phi) is 4.82. The maximum atomic E-state index is 3.62. The molecule has 1 nitrogen and oxygen atoms in total. The Labute approximate surface area is 128 Å². The van der Waals surface area contributed by atoms with E-state index in [2.05, 4.69) is 73.2 Å². The highest BCUT2D eigenvalue weighted by molar-refractivity contribution is 9.10. The highest BCUT2D eigenvalue weighted by Crippen LogP contribution is 2.35. The summed E-state index contributed by atoms with van der Waals surface area (Å²) in [5.41, 5.74) is 4.12. The molecule has 2 rings (SSSR count). The number of nitrogens with one attached hydrogen (secondary N) is 1. The van der Waals surface area contributed by atoms with Gasteiger partial charge in [-0.05, 0) is 66.0 Å². The minimum absolute atomic E-state index is 0.292. The second kappa shape index (κ2) is 6.21. The first kappa shape index (κ1) is 14.8. The highest BCUT2D eigenvalue weighted by Gasteiger charge is 2.18. The van der Waals surface area contributed by atoms with Crippen LogP contribution in [0.25, 0.3) is 0 Å². The van der Waals surface area contributed by atoms with Gasteiger partial charge in [0, 0.05) is 14.2 Å². The summed E-state index contributed by atoms with van der Waals surface area (Å²) < 4.78 is 1.21. The standard InChI is InChI=1S/C16H20BrNS/c1-5-18-16(15-9-14(17)12(4)19-15)13-8-6-7-10(2)11(13)3/h6-9,16,18H,5H2,1-4H3. The van der Waals surface area contributed by atoms with Crippen molar-refractivity contribution in [3.05, 3.63) is 55.2 Å². The predicted molar refractivity (Wildman–Crippen MR) is 88.2 cm³/mol. The Bertz CT molecular complexity index is 555. The van der Waals surface area contributed by atoms with Crippen LogP contribution >= 0.6 is 27.3 Å². The lowest BCUT2D eigenvalue weighted by Gasteiger charge is -2.20. The van der Waals surface area contributed by atoms with E-state index in [4.69, 9.17) is 0 Å². The van der Waals surface area contributed by atoms with Crippen LogP contribution in [0.15, 0.2) is 28.7 Å². The van der Waals surface area contributed by atoms with Gasteiger partial charge in [0.05, 0.1) is 6.04 Å². The molecule has 1 heterocycles. The molecular weight excluding hydrogens is 318 g/mol. The molecule has 1 aromatic carbocycles. The van der Waals surface area contributed by atoms with Gasteiger partial charge in [-0.3, -0.25) is 0 Å². The molecule has 3 heteroatoms. The van der Waals surface area contributed by atoms with Gasteiger partial charge in [0.25, 0.3) is 0 Å². The molecule has 0 aliphatic carbocycles. The van der Waals surface area contributed by atoms with Crippen molar-refractivity contribution in [1.29, 1.82) is 0 Å². The number of benzene rings is 1. The average molecular weight is 338 g/mol. The molecule has 1 unspecified atom stereocenters. The fraction of sp³-hybridized carbons (Fsp3) is 0.375. The van der Waals surface area contributed by atoms with E-state index in [0.717, 1.165) is 6.54 Å². The van der Waals surface area contributed by atoms with Crippen LogP contribution in [0.1, 0.15) is 39.4 Å². The largest absolute Gasteiger partial charge is 0.306 e. The number of halogens is 1. The first-order valence-corrected chi connectivity index (χ1v) is 8.20. The van der Waals surface area contributed by atoms with Gasteiger partial charge in [-0.2, -0.15) is 0 Å². The van der Waals surface area contributed by atoms with E-state index in [-0.39, 0.29) is 0 Å². The van der Waals surface area contributed by atoms with Crippen molar-refractivity contribution in [2.75, 3.05) is 6.54 Å². The van der Waals surface area contributed by atoms with E-state index in [1.807, 2.05) is 11.3 Å². The number of hydrogen-bond donors (Lipinski definition) is 1. The van der Waals surface area contributed by atoms with Gasteiger partial charge in [0.1, 0.15) is 0 Å². The van der Waals surface area contributed by atoms with Crippen LogP contribution < -0.4 is 5.32 Å². The molecule has 2 aromatic rings. The number of rotatable bonds is 4. The van der Waals surface area contributed by atoms with E-state index in [1.165, 1.54) is 30.9 Å². The topological polar surface area (TPSA) is 12.0 Å². The minimum atomic E-state index is 0.292. The summed E-state index contributed by atoms with van der Waals surface area (Å²) in [5, 5.41) is 3.61. The van der Waals surface area contributed by atoms with Crippen molar-refractivity contribution in [2.24, 2.45) is 0 Å². The Hall–Kier alpha value is -0.640. The van der Waals surface area contributed by atoms with Crippen molar-refractivity contribution >= 4 is 27.3 Å². The summed E-state index contributed by atoms with van der Waals surface area (Å²) in [6.45, 7) is 9.67. The minimum Gasteiger partial charge on any atom is -0.306 e. The maximum absolute atomic E-state index is 3.62. The SMILES string of the molecule is CCNC(c1cc(Br)c(C)s1)c1cccc(C)c1C. The van der Waals surface area contributed by atoms with Crippen molar-refractivity contribution < 1.29 is 0 Å². The summed E-state index contributed by atoms with van der Waals surface area (Å²) in [7, 11) is 0. The van der Waals surface area contributed by atoms with Crippen molar-refractivity contribution in [2.45, 2.75) is 33.7 Å². The lowest BCUT2D eigenvalue weighted by Crippen LogP contribution is -2.22. The van der Waals surface area contributed by atoms with Gasteiger partial charge in [-0.15, -0.1) is 11.3 Å². The average Bonchev–Trinajstić information content (AvgIpc) is 2.70. The highest BCUT2D eigenvalue weighted by atomic mass is 79.9. The molecular formula is C16H20BrNS. The molecule has 0 spiro atoms. The molecule has 102 valence electrons. The predicted octanol–water partition coefficient (Wildman–Crippen LogP) is 5.13. The first-order chi connectivity index (χ1) is 9.04. The number of thiophene rings is 1. The van der Waals surface area contributed by atoms with Crippen molar-refractivity contribution in [1.82, 2.24) is 5.32 Å². The number of aryl methyl sites for hydroxylation is 2. The van der Waals surface area contributed by atoms with Gasteiger partial charge in [-0.1, -0.05) is 25.1 Å². The third-order valence-corrected chi connectivity index (χ3v) is 5.73. The molecule has 0 aliphatic heterocycles. The summed E-state index contributed by atoms with van der Waals surface area (Å²) in [6.07, 6.45) is 0. The Morgan fingerprint density at radius 1 is 1.26 bits per heavy atom. The molecule has 0 radical (unpaired) electrons. The third kappa shape index (κ3) is 3.10. The molecule has 0 bridgehead atoms. The fourth-order valence-corrected chi connectivity index (χ4v) is 3.93. The Morgan fingerprint density at radius 2 is 2.00 bits per heavy atom. The normalized spacial score (nSPS) is 12.7. The molecule has 19 heavy (non-hydrogen) atoms. The lowest BCUT2D eigenvalue weighted by atomic mass is 9.96. The van der Waals surface area contributed by atoms with Crippen LogP contribution in [-0.2, 0) is 0 Å². The van der Waals surface area contributed by atoms with Gasteiger partial charge < -0.3 is 5.32 Å². The monoisotopic (exact) mass is 337 g/mol. The first-order valence-electron chi connectivity index (χ1n) is 6.60. The van der Waals surface area contributed by atoms with E-state index in [1.54, 1.807) is 0 Å². The lowest BCUT2D eigenvalue weighted by molar-refractivity contribution is 0.636. The summed E-state index contributed by atoms with van der Waals surface area (Å²) >= 11 is 5.49. The Morgan fingerprint density at radius 3 is 2.58 bits per heavy atom. The summed E-state index contributed by atoms with van der Waals surface area (Å²) in [5.74, 6) is 0. The second-order valence-corrected chi connectivity index (χ2v) is 6.97. The van der Waals surface area contributed by atoms with E-state index in [9.17, 15) is 0 Å². The third-order valence-electron chi connectivity index (χ3n) is 3.53. The van der Waals surface area contributed by atoms with Crippen LogP contribution in [0, 0.1) is 20.8 Å². The second-order valence-electron chi connectivity index (χ2n) is 4.83. The molecule has 1 atom stereocenters. The zero-order valence-electron chi connectivity index (χ0n) is 11.9. The van der Waals surface area contributed by atoms with Gasteiger partial charge in [-0.25, -0.2) is 0 Å². The van der Waals surface area contributed by atoms with Crippen LogP contribution in [-0.4, -0.2) is 6.54 Å². The zero-order valence-corrected chi connectivity index (χ0v) is 14.3. The van der Waals surface area contributed by atoms with Crippen molar-refractivity contribution in [3.8, 4) is 0 Å². The quantitative estimate of drug-likeness (QED) is 0.814. The molecule has 0 saturated carbocycles. The van der Waals surface area contributed by atoms with E-state index >= 15 is 0 Å². The molecule has 0 fully saturated rings. The summed E-state index contributed by atoms with van der Waals surface area (Å²) in [6, 6.07) is 9.10. The van der Waals surface area contributed by atoms with E-state index < -0.39 is 0 Å². The van der Waals surface area contributed by atoms with Gasteiger partial charge in [0.15, 0.2) is 0 Å². The van der Waals surface area contributed by atoms with Crippen LogP contribution in [0.5, 0.6) is 0 Å². The van der Waals surface area contributed by atoms with Gasteiger partial charge >= 0.3 is 0 Å².